The molecule has 1 unspecified atom stereocenters. The second-order valence-electron chi connectivity index (χ2n) is 7.92. The average molecular weight is 449 g/mol. The molecule has 11 heteroatoms. The van der Waals surface area contributed by atoms with Gasteiger partial charge in [0.2, 0.25) is 5.91 Å². The number of rotatable bonds is 5. The predicted octanol–water partition coefficient (Wildman–Crippen LogP) is 2.87. The van der Waals surface area contributed by atoms with Crippen LogP contribution in [-0.2, 0) is 16.0 Å². The van der Waals surface area contributed by atoms with Gasteiger partial charge in [0.1, 0.15) is 11.5 Å². The van der Waals surface area contributed by atoms with Crippen molar-refractivity contribution < 1.29 is 19.4 Å². The van der Waals surface area contributed by atoms with Gasteiger partial charge in [-0.3, -0.25) is 9.89 Å². The minimum Gasteiger partial charge on any atom is -0.465 e. The zero-order chi connectivity index (χ0) is 22.0. The van der Waals surface area contributed by atoms with Crippen LogP contribution < -0.4 is 16.0 Å². The van der Waals surface area contributed by atoms with E-state index in [1.54, 1.807) is 13.2 Å². The molecule has 0 bridgehead atoms. The molecule has 10 nitrogen and oxygen atoms in total. The van der Waals surface area contributed by atoms with Crippen LogP contribution in [-0.4, -0.2) is 58.1 Å². The van der Waals surface area contributed by atoms with Gasteiger partial charge in [0, 0.05) is 43.8 Å². The summed E-state index contributed by atoms with van der Waals surface area (Å²) in [6.07, 6.45) is 3.91. The van der Waals surface area contributed by atoms with Gasteiger partial charge in [0.25, 0.3) is 0 Å². The molecule has 1 aliphatic heterocycles. The summed E-state index contributed by atoms with van der Waals surface area (Å²) in [5.74, 6) is -0.0832. The highest BCUT2D eigenvalue weighted by molar-refractivity contribution is 6.33. The second kappa shape index (κ2) is 9.11. The Bertz CT molecular complexity index is 981. The molecule has 0 spiro atoms. The molecular weight excluding hydrogens is 424 g/mol. The van der Waals surface area contributed by atoms with Crippen molar-refractivity contribution >= 4 is 35.1 Å². The third-order valence-corrected chi connectivity index (χ3v) is 6.15. The fourth-order valence-corrected chi connectivity index (χ4v) is 4.44. The maximum Gasteiger partial charge on any atom is 0.404 e. The maximum atomic E-state index is 12.8. The molecule has 0 aromatic carbocycles. The molecular formula is C20H25ClN6O4. The highest BCUT2D eigenvalue weighted by Crippen LogP contribution is 2.37. The number of hydrogen-bond donors (Lipinski definition) is 5. The van der Waals surface area contributed by atoms with Crippen molar-refractivity contribution in [1.82, 2.24) is 20.5 Å². The van der Waals surface area contributed by atoms with Crippen molar-refractivity contribution in [2.45, 2.75) is 44.2 Å². The van der Waals surface area contributed by atoms with Gasteiger partial charge < -0.3 is 25.8 Å². The van der Waals surface area contributed by atoms with E-state index < -0.39 is 6.09 Å². The van der Waals surface area contributed by atoms with E-state index in [9.17, 15) is 9.59 Å². The van der Waals surface area contributed by atoms with E-state index >= 15 is 0 Å². The van der Waals surface area contributed by atoms with E-state index in [4.69, 9.17) is 21.4 Å². The number of carboxylic acid groups (broad SMARTS) is 1. The van der Waals surface area contributed by atoms with Gasteiger partial charge in [-0.25, -0.2) is 9.78 Å². The van der Waals surface area contributed by atoms with Crippen molar-refractivity contribution in [1.29, 1.82) is 0 Å². The number of halogens is 1. The van der Waals surface area contributed by atoms with E-state index in [0.717, 1.165) is 24.2 Å². The summed E-state index contributed by atoms with van der Waals surface area (Å²) in [4.78, 5) is 27.9. The SMILES string of the molecule is COC1CNc2c(-c3cc(NC(=O)[C@H]4CCC[C@@H](NC(=O)O)C4)ncc3Cl)n[nH]c2C1. The number of ether oxygens (including phenoxy) is 1. The van der Waals surface area contributed by atoms with Crippen LogP contribution in [0.2, 0.25) is 5.02 Å². The molecule has 1 fully saturated rings. The number of methoxy groups -OCH3 is 1. The summed E-state index contributed by atoms with van der Waals surface area (Å²) >= 11 is 6.39. The van der Waals surface area contributed by atoms with Gasteiger partial charge in [0.15, 0.2) is 0 Å². The Labute approximate surface area is 184 Å². The molecule has 1 saturated carbocycles. The number of hydrogen-bond acceptors (Lipinski definition) is 6. The first-order chi connectivity index (χ1) is 14.9. The van der Waals surface area contributed by atoms with E-state index in [2.05, 4.69) is 31.1 Å². The summed E-state index contributed by atoms with van der Waals surface area (Å²) in [6.45, 7) is 0.662. The van der Waals surface area contributed by atoms with Gasteiger partial charge >= 0.3 is 6.09 Å². The summed E-state index contributed by atoms with van der Waals surface area (Å²) in [5.41, 5.74) is 3.12. The van der Waals surface area contributed by atoms with Gasteiger partial charge in [-0.05, 0) is 25.3 Å². The summed E-state index contributed by atoms with van der Waals surface area (Å²) < 4.78 is 5.41. The van der Waals surface area contributed by atoms with Gasteiger partial charge in [-0.15, -0.1) is 0 Å². The van der Waals surface area contributed by atoms with Crippen LogP contribution in [0.1, 0.15) is 31.4 Å². The van der Waals surface area contributed by atoms with Crippen molar-refractivity contribution in [2.75, 3.05) is 24.3 Å². The standard InChI is InChI=1S/C20H25ClN6O4/c1-31-12-6-15-18(23-8-12)17(27-26-15)13-7-16(22-9-14(13)21)25-19(28)10-3-2-4-11(5-10)24-20(29)30/h7,9-12,23-24H,2-6,8H2,1H3,(H,26,27)(H,29,30)(H,22,25,28)/t10-,11+,12?/m0/s1. The largest absolute Gasteiger partial charge is 0.465 e. The molecule has 2 aromatic rings. The molecule has 3 heterocycles. The Morgan fingerprint density at radius 1 is 1.35 bits per heavy atom. The Balaban J connectivity index is 1.49. The van der Waals surface area contributed by atoms with E-state index in [-0.39, 0.29) is 24.0 Å². The number of amides is 2. The lowest BCUT2D eigenvalue weighted by Crippen LogP contribution is -2.40. The number of carbonyl (C=O) groups excluding carboxylic acids is 1. The Hall–Kier alpha value is -2.85. The molecule has 31 heavy (non-hydrogen) atoms. The van der Waals surface area contributed by atoms with Crippen LogP contribution in [0, 0.1) is 5.92 Å². The molecule has 166 valence electrons. The first kappa shape index (κ1) is 21.4. The molecule has 2 amide bonds. The number of nitrogens with one attached hydrogen (secondary N) is 4. The van der Waals surface area contributed by atoms with Crippen molar-refractivity contribution in [3.05, 3.63) is 23.0 Å². The number of aromatic amines is 1. The maximum absolute atomic E-state index is 12.8. The smallest absolute Gasteiger partial charge is 0.404 e. The van der Waals surface area contributed by atoms with E-state index in [1.807, 2.05) is 0 Å². The zero-order valence-electron chi connectivity index (χ0n) is 17.1. The van der Waals surface area contributed by atoms with E-state index in [1.165, 1.54) is 6.20 Å². The lowest BCUT2D eigenvalue weighted by Gasteiger charge is -2.28. The average Bonchev–Trinajstić information content (AvgIpc) is 3.17. The molecule has 5 N–H and O–H groups in total. The first-order valence-corrected chi connectivity index (χ1v) is 10.6. The second-order valence-corrected chi connectivity index (χ2v) is 8.32. The lowest BCUT2D eigenvalue weighted by molar-refractivity contribution is -0.121. The summed E-state index contributed by atoms with van der Waals surface area (Å²) in [7, 11) is 1.68. The number of aromatic nitrogens is 3. The quantitative estimate of drug-likeness (QED) is 0.473. The van der Waals surface area contributed by atoms with Crippen LogP contribution in [0.15, 0.2) is 12.3 Å². The number of nitrogens with zero attached hydrogens (tertiary/aromatic N) is 2. The fourth-order valence-electron chi connectivity index (χ4n) is 4.24. The number of pyridine rings is 1. The van der Waals surface area contributed by atoms with Crippen molar-refractivity contribution in [2.24, 2.45) is 5.92 Å². The van der Waals surface area contributed by atoms with Crippen molar-refractivity contribution in [3.8, 4) is 11.3 Å². The third-order valence-electron chi connectivity index (χ3n) is 5.85. The number of fused-ring (bicyclic) bond motifs is 1. The van der Waals surface area contributed by atoms with Crippen LogP contribution in [0.3, 0.4) is 0 Å². The molecule has 0 radical (unpaired) electrons. The van der Waals surface area contributed by atoms with Crippen LogP contribution >= 0.6 is 11.6 Å². The molecule has 4 rings (SSSR count). The third kappa shape index (κ3) is 4.75. The molecule has 3 atom stereocenters. The van der Waals surface area contributed by atoms with Crippen LogP contribution in [0.25, 0.3) is 11.3 Å². The van der Waals surface area contributed by atoms with Gasteiger partial charge in [-0.1, -0.05) is 18.0 Å². The first-order valence-electron chi connectivity index (χ1n) is 10.2. The zero-order valence-corrected chi connectivity index (χ0v) is 17.8. The number of carbonyl (C=O) groups is 2. The van der Waals surface area contributed by atoms with Crippen LogP contribution in [0.5, 0.6) is 0 Å². The highest BCUT2D eigenvalue weighted by Gasteiger charge is 2.29. The number of H-pyrrole nitrogens is 1. The number of anilines is 2. The summed E-state index contributed by atoms with van der Waals surface area (Å²) in [6, 6.07) is 1.49. The van der Waals surface area contributed by atoms with Gasteiger partial charge in [0.05, 0.1) is 22.5 Å². The van der Waals surface area contributed by atoms with Crippen LogP contribution in [0.4, 0.5) is 16.3 Å². The minimum absolute atomic E-state index is 0.0681. The monoisotopic (exact) mass is 448 g/mol. The lowest BCUT2D eigenvalue weighted by atomic mass is 9.85. The molecule has 2 aliphatic rings. The van der Waals surface area contributed by atoms with E-state index in [0.29, 0.717) is 47.9 Å². The van der Waals surface area contributed by atoms with Crippen molar-refractivity contribution in [3.63, 3.8) is 0 Å². The fraction of sp³-hybridized carbons (Fsp3) is 0.500. The Morgan fingerprint density at radius 2 is 2.19 bits per heavy atom. The summed E-state index contributed by atoms with van der Waals surface area (Å²) in [5, 5.41) is 25.5. The molecule has 1 aliphatic carbocycles. The Morgan fingerprint density at radius 3 is 2.97 bits per heavy atom. The minimum atomic E-state index is -1.07. The Kier molecular flexibility index (Phi) is 6.28. The normalized spacial score (nSPS) is 22.8. The van der Waals surface area contributed by atoms with Gasteiger partial charge in [-0.2, -0.15) is 5.10 Å². The molecule has 2 aromatic heterocycles. The molecule has 0 saturated heterocycles. The predicted molar refractivity (Wildman–Crippen MR) is 115 cm³/mol. The topological polar surface area (TPSA) is 141 Å². The highest BCUT2D eigenvalue weighted by atomic mass is 35.5.